The molecule has 0 aliphatic carbocycles. The van der Waals surface area contributed by atoms with Crippen molar-refractivity contribution in [2.45, 2.75) is 32.9 Å². The molecule has 2 amide bonds. The molecule has 154 valence electrons. The van der Waals surface area contributed by atoms with Crippen LogP contribution >= 0.6 is 0 Å². The number of ether oxygens (including phenoxy) is 2. The predicted molar refractivity (Wildman–Crippen MR) is 104 cm³/mol. The van der Waals surface area contributed by atoms with Crippen LogP contribution in [0.2, 0.25) is 0 Å². The van der Waals surface area contributed by atoms with Crippen molar-refractivity contribution >= 4 is 17.8 Å². The minimum atomic E-state index is -0.580. The fraction of sp³-hybridized carbons (Fsp3) is 0.550. The molecule has 1 N–H and O–H groups in total. The molecule has 1 aromatic rings. The summed E-state index contributed by atoms with van der Waals surface area (Å²) in [6.07, 6.45) is 0.00745. The number of piperazine rings is 1. The first-order valence-corrected chi connectivity index (χ1v) is 9.24. The highest BCUT2D eigenvalue weighted by Crippen LogP contribution is 2.26. The van der Waals surface area contributed by atoms with E-state index in [9.17, 15) is 14.4 Å². The van der Waals surface area contributed by atoms with Crippen molar-refractivity contribution in [2.75, 3.05) is 40.9 Å². The van der Waals surface area contributed by atoms with Crippen LogP contribution in [0.4, 0.5) is 0 Å². The lowest BCUT2D eigenvalue weighted by Crippen LogP contribution is -2.56. The van der Waals surface area contributed by atoms with Crippen molar-refractivity contribution < 1.29 is 23.9 Å². The fourth-order valence-electron chi connectivity index (χ4n) is 3.30. The van der Waals surface area contributed by atoms with Gasteiger partial charge in [-0.3, -0.25) is 19.3 Å². The molecule has 28 heavy (non-hydrogen) atoms. The second kappa shape index (κ2) is 9.54. The van der Waals surface area contributed by atoms with E-state index in [1.54, 1.807) is 7.11 Å². The molecule has 1 aromatic carbocycles. The number of benzene rings is 1. The Bertz CT molecular complexity index is 750. The lowest BCUT2D eigenvalue weighted by atomic mass is 10.00. The van der Waals surface area contributed by atoms with Crippen molar-refractivity contribution in [1.29, 1.82) is 0 Å². The molecule has 2 rings (SSSR count). The van der Waals surface area contributed by atoms with Gasteiger partial charge in [-0.1, -0.05) is 6.07 Å². The Balaban J connectivity index is 2.14. The van der Waals surface area contributed by atoms with E-state index in [4.69, 9.17) is 4.74 Å². The van der Waals surface area contributed by atoms with E-state index >= 15 is 0 Å². The van der Waals surface area contributed by atoms with Gasteiger partial charge in [0.2, 0.25) is 11.8 Å². The third-order valence-electron chi connectivity index (χ3n) is 5.27. The molecule has 1 saturated heterocycles. The van der Waals surface area contributed by atoms with E-state index in [1.807, 2.05) is 30.9 Å². The van der Waals surface area contributed by atoms with Gasteiger partial charge in [0.05, 0.1) is 26.7 Å². The van der Waals surface area contributed by atoms with E-state index in [2.05, 4.69) is 10.1 Å². The highest BCUT2D eigenvalue weighted by molar-refractivity contribution is 5.90. The van der Waals surface area contributed by atoms with Gasteiger partial charge in [-0.2, -0.15) is 0 Å². The van der Waals surface area contributed by atoms with Crippen molar-refractivity contribution in [1.82, 2.24) is 15.1 Å². The van der Waals surface area contributed by atoms with Crippen LogP contribution in [0, 0.1) is 13.8 Å². The zero-order valence-electron chi connectivity index (χ0n) is 17.2. The van der Waals surface area contributed by atoms with Gasteiger partial charge in [0.1, 0.15) is 12.3 Å². The number of hydrogen-bond acceptors (Lipinski definition) is 6. The molecule has 8 heteroatoms. The molecule has 1 fully saturated rings. The largest absolute Gasteiger partial charge is 0.496 e. The smallest absolute Gasteiger partial charge is 0.325 e. The first-order valence-electron chi connectivity index (χ1n) is 9.24. The summed E-state index contributed by atoms with van der Waals surface area (Å²) in [5, 5.41) is 2.83. The summed E-state index contributed by atoms with van der Waals surface area (Å²) in [6.45, 7) is 5.64. The average molecular weight is 391 g/mol. The highest BCUT2D eigenvalue weighted by atomic mass is 16.5. The maximum Gasteiger partial charge on any atom is 0.325 e. The molecule has 0 spiro atoms. The first-order chi connectivity index (χ1) is 13.3. The number of esters is 1. The molecule has 8 nitrogen and oxygen atoms in total. The predicted octanol–water partition coefficient (Wildman–Crippen LogP) is 0.634. The van der Waals surface area contributed by atoms with Crippen LogP contribution in [0.5, 0.6) is 5.75 Å². The zero-order chi connectivity index (χ0) is 20.8. The molecule has 0 saturated carbocycles. The minimum Gasteiger partial charge on any atom is -0.496 e. The van der Waals surface area contributed by atoms with Crippen molar-refractivity contribution in [3.05, 3.63) is 28.8 Å². The molecule has 1 atom stereocenters. The van der Waals surface area contributed by atoms with Gasteiger partial charge < -0.3 is 19.7 Å². The zero-order valence-corrected chi connectivity index (χ0v) is 17.2. The summed E-state index contributed by atoms with van der Waals surface area (Å²) in [4.78, 5) is 39.6. The third-order valence-corrected chi connectivity index (χ3v) is 5.27. The van der Waals surface area contributed by atoms with E-state index in [0.29, 0.717) is 19.6 Å². The number of amides is 2. The summed E-state index contributed by atoms with van der Waals surface area (Å²) in [6, 6.07) is 3.34. The standard InChI is InChI=1S/C20H29N3O5/c1-13-14(2)17(27-4)7-6-15(13)11-23-9-8-21-20(26)16(23)10-18(24)22(3)12-19(25)28-5/h6-7,16H,8-12H2,1-5H3,(H,21,26). The van der Waals surface area contributed by atoms with Gasteiger partial charge >= 0.3 is 5.97 Å². The number of methoxy groups -OCH3 is 2. The maximum atomic E-state index is 12.5. The number of nitrogens with one attached hydrogen (secondary N) is 1. The van der Waals surface area contributed by atoms with Gasteiger partial charge in [0.25, 0.3) is 0 Å². The maximum absolute atomic E-state index is 12.5. The van der Waals surface area contributed by atoms with Gasteiger partial charge in [-0.15, -0.1) is 0 Å². The lowest BCUT2D eigenvalue weighted by molar-refractivity contribution is -0.147. The monoisotopic (exact) mass is 391 g/mol. The summed E-state index contributed by atoms with van der Waals surface area (Å²) in [5.41, 5.74) is 3.26. The highest BCUT2D eigenvalue weighted by Gasteiger charge is 2.33. The Morgan fingerprint density at radius 1 is 1.25 bits per heavy atom. The Labute approximate surface area is 165 Å². The van der Waals surface area contributed by atoms with Crippen LogP contribution in [-0.2, 0) is 25.7 Å². The van der Waals surface area contributed by atoms with Gasteiger partial charge in [0.15, 0.2) is 0 Å². The molecule has 1 heterocycles. The summed E-state index contributed by atoms with van der Waals surface area (Å²) in [5.74, 6) is -0.118. The van der Waals surface area contributed by atoms with Crippen LogP contribution in [0.3, 0.4) is 0 Å². The van der Waals surface area contributed by atoms with Crippen LogP contribution in [0.25, 0.3) is 0 Å². The molecule has 0 radical (unpaired) electrons. The van der Waals surface area contributed by atoms with Gasteiger partial charge in [-0.25, -0.2) is 0 Å². The van der Waals surface area contributed by atoms with Crippen LogP contribution in [0.15, 0.2) is 12.1 Å². The van der Waals surface area contributed by atoms with Crippen LogP contribution < -0.4 is 10.1 Å². The van der Waals surface area contributed by atoms with E-state index in [1.165, 1.54) is 19.1 Å². The quantitative estimate of drug-likeness (QED) is 0.686. The number of nitrogens with zero attached hydrogens (tertiary/aromatic N) is 2. The number of likely N-dealkylation sites (N-methyl/N-ethyl adjacent to an activating group) is 1. The topological polar surface area (TPSA) is 88.2 Å². The lowest BCUT2D eigenvalue weighted by Gasteiger charge is -2.35. The molecule has 0 aromatic heterocycles. The van der Waals surface area contributed by atoms with Gasteiger partial charge in [0, 0.05) is 26.7 Å². The second-order valence-electron chi connectivity index (χ2n) is 6.98. The molecular weight excluding hydrogens is 362 g/mol. The molecule has 1 aliphatic heterocycles. The number of rotatable bonds is 7. The SMILES string of the molecule is COC(=O)CN(C)C(=O)CC1C(=O)NCCN1Cc1ccc(OC)c(C)c1C. The normalized spacial score (nSPS) is 17.0. The second-order valence-corrected chi connectivity index (χ2v) is 6.98. The Morgan fingerprint density at radius 2 is 1.96 bits per heavy atom. The van der Waals surface area contributed by atoms with Crippen molar-refractivity contribution in [3.63, 3.8) is 0 Å². The number of hydrogen-bond donors (Lipinski definition) is 1. The third kappa shape index (κ3) is 5.01. The van der Waals surface area contributed by atoms with Crippen LogP contribution in [0.1, 0.15) is 23.1 Å². The number of carbonyl (C=O) groups is 3. The van der Waals surface area contributed by atoms with Crippen LogP contribution in [-0.4, -0.2) is 74.5 Å². The van der Waals surface area contributed by atoms with E-state index in [-0.39, 0.29) is 24.8 Å². The minimum absolute atomic E-state index is 0.00745. The Hall–Kier alpha value is -2.61. The summed E-state index contributed by atoms with van der Waals surface area (Å²) in [7, 11) is 4.44. The first kappa shape index (κ1) is 21.7. The molecule has 1 unspecified atom stereocenters. The fourth-order valence-corrected chi connectivity index (χ4v) is 3.30. The summed E-state index contributed by atoms with van der Waals surface area (Å²) < 4.78 is 9.96. The molecule has 0 bridgehead atoms. The van der Waals surface area contributed by atoms with Gasteiger partial charge in [-0.05, 0) is 36.6 Å². The average Bonchev–Trinajstić information content (AvgIpc) is 2.67. The van der Waals surface area contributed by atoms with Crippen molar-refractivity contribution in [3.8, 4) is 5.75 Å². The summed E-state index contributed by atoms with van der Waals surface area (Å²) >= 11 is 0. The number of carbonyl (C=O) groups excluding carboxylic acids is 3. The van der Waals surface area contributed by atoms with E-state index in [0.717, 1.165) is 22.4 Å². The van der Waals surface area contributed by atoms with Crippen molar-refractivity contribution in [2.24, 2.45) is 0 Å². The van der Waals surface area contributed by atoms with E-state index < -0.39 is 12.0 Å². The molecule has 1 aliphatic rings. The molecular formula is C20H29N3O5. The Kier molecular flexibility index (Phi) is 7.39. The Morgan fingerprint density at radius 3 is 2.61 bits per heavy atom.